The molecule has 2 aliphatic heterocycles. The molecule has 9 nitrogen and oxygen atoms in total. The van der Waals surface area contributed by atoms with Gasteiger partial charge < -0.3 is 10.0 Å². The molecule has 3 heterocycles. The summed E-state index contributed by atoms with van der Waals surface area (Å²) in [5.41, 5.74) is 2.52. The van der Waals surface area contributed by atoms with Crippen LogP contribution in [0, 0.1) is 11.8 Å². The van der Waals surface area contributed by atoms with Crippen molar-refractivity contribution in [1.29, 1.82) is 0 Å². The smallest absolute Gasteiger partial charge is 0.321 e. The summed E-state index contributed by atoms with van der Waals surface area (Å²) < 4.78 is 0. The fourth-order valence-electron chi connectivity index (χ4n) is 8.13. The first-order chi connectivity index (χ1) is 21.6. The highest BCUT2D eigenvalue weighted by atomic mass is 16.4. The first kappa shape index (κ1) is 30.9. The normalized spacial score (nSPS) is 23.3. The van der Waals surface area contributed by atoms with Gasteiger partial charge in [0.25, 0.3) is 0 Å². The van der Waals surface area contributed by atoms with E-state index in [-0.39, 0.29) is 12.0 Å². The molecule has 2 aromatic carbocycles. The Bertz CT molecular complexity index is 1300. The second kappa shape index (κ2) is 14.8. The standard InChI is InChI=1S/C35H49N7O2/c1-2-40(26-33-36-38-42(37-33)22-27-12-6-3-7-13-27)31-18-20-39(21-19-31)23-30-24-41(25-32(30)28-14-8-4-9-15-28)34(35(43)44)29-16-10-5-11-17-29/h3-4,6-9,12-15,29-32,34H,2,5,10-11,16-26H2,1H3,(H,43,44). The monoisotopic (exact) mass is 599 g/mol. The van der Waals surface area contributed by atoms with E-state index in [2.05, 4.69) is 79.5 Å². The van der Waals surface area contributed by atoms with Gasteiger partial charge in [0.05, 0.1) is 13.1 Å². The predicted octanol–water partition coefficient (Wildman–Crippen LogP) is 4.76. The Hall–Kier alpha value is -3.14. The van der Waals surface area contributed by atoms with E-state index in [4.69, 9.17) is 0 Å². The van der Waals surface area contributed by atoms with Crippen LogP contribution in [0.3, 0.4) is 0 Å². The van der Waals surface area contributed by atoms with Crippen LogP contribution in [-0.2, 0) is 17.9 Å². The number of carboxylic acids is 1. The van der Waals surface area contributed by atoms with Crippen LogP contribution in [-0.4, -0.2) is 97.3 Å². The van der Waals surface area contributed by atoms with Gasteiger partial charge in [-0.2, -0.15) is 4.80 Å². The molecular formula is C35H49N7O2. The van der Waals surface area contributed by atoms with Crippen molar-refractivity contribution in [3.8, 4) is 0 Å². The van der Waals surface area contributed by atoms with E-state index >= 15 is 0 Å². The number of tetrazole rings is 1. The molecule has 1 saturated carbocycles. The number of aliphatic carboxylic acids is 1. The highest BCUT2D eigenvalue weighted by Crippen LogP contribution is 2.38. The lowest BCUT2D eigenvalue weighted by Crippen LogP contribution is -2.47. The van der Waals surface area contributed by atoms with E-state index in [0.29, 0.717) is 24.4 Å². The number of benzene rings is 2. The lowest BCUT2D eigenvalue weighted by Gasteiger charge is -2.39. The van der Waals surface area contributed by atoms with Gasteiger partial charge >= 0.3 is 5.97 Å². The summed E-state index contributed by atoms with van der Waals surface area (Å²) in [6.45, 7) is 9.43. The molecule has 3 atom stereocenters. The quantitative estimate of drug-likeness (QED) is 0.319. The Balaban J connectivity index is 1.06. The van der Waals surface area contributed by atoms with E-state index in [1.807, 2.05) is 18.2 Å². The van der Waals surface area contributed by atoms with Crippen LogP contribution in [0.1, 0.15) is 74.7 Å². The first-order valence-corrected chi connectivity index (χ1v) is 16.9. The molecule has 3 aliphatic rings. The molecule has 2 saturated heterocycles. The molecule has 3 aromatic rings. The second-order valence-corrected chi connectivity index (χ2v) is 13.2. The molecule has 1 aromatic heterocycles. The molecule has 0 bridgehead atoms. The molecule has 6 rings (SSSR count). The molecule has 3 fully saturated rings. The molecule has 1 N–H and O–H groups in total. The summed E-state index contributed by atoms with van der Waals surface area (Å²) in [7, 11) is 0. The van der Waals surface area contributed by atoms with Gasteiger partial charge in [-0.3, -0.25) is 14.6 Å². The number of piperidine rings is 1. The summed E-state index contributed by atoms with van der Waals surface area (Å²) in [4.78, 5) is 21.8. The lowest BCUT2D eigenvalue weighted by atomic mass is 9.83. The number of carboxylic acid groups (broad SMARTS) is 1. The van der Waals surface area contributed by atoms with Crippen molar-refractivity contribution in [2.75, 3.05) is 39.3 Å². The summed E-state index contributed by atoms with van der Waals surface area (Å²) in [5.74, 6) is 1.25. The molecule has 9 heteroatoms. The Morgan fingerprint density at radius 1 is 0.955 bits per heavy atom. The number of nitrogens with zero attached hydrogens (tertiary/aromatic N) is 7. The van der Waals surface area contributed by atoms with Gasteiger partial charge in [0.1, 0.15) is 6.04 Å². The maximum Gasteiger partial charge on any atom is 0.321 e. The summed E-state index contributed by atoms with van der Waals surface area (Å²) in [6.07, 6.45) is 7.92. The zero-order valence-corrected chi connectivity index (χ0v) is 26.3. The summed E-state index contributed by atoms with van der Waals surface area (Å²) >= 11 is 0. The van der Waals surface area contributed by atoms with Crippen LogP contribution >= 0.6 is 0 Å². The van der Waals surface area contributed by atoms with Crippen LogP contribution in [0.2, 0.25) is 0 Å². The van der Waals surface area contributed by atoms with Crippen LogP contribution in [0.5, 0.6) is 0 Å². The molecule has 0 spiro atoms. The van der Waals surface area contributed by atoms with E-state index in [9.17, 15) is 9.90 Å². The van der Waals surface area contributed by atoms with Crippen LogP contribution in [0.15, 0.2) is 60.7 Å². The minimum absolute atomic E-state index is 0.279. The van der Waals surface area contributed by atoms with Gasteiger partial charge in [-0.1, -0.05) is 86.8 Å². The highest BCUT2D eigenvalue weighted by Gasteiger charge is 2.43. The number of hydrogen-bond acceptors (Lipinski definition) is 7. The van der Waals surface area contributed by atoms with E-state index in [1.165, 1.54) is 30.4 Å². The van der Waals surface area contributed by atoms with Crippen molar-refractivity contribution in [3.05, 3.63) is 77.6 Å². The zero-order valence-electron chi connectivity index (χ0n) is 26.3. The van der Waals surface area contributed by atoms with Gasteiger partial charge in [0.15, 0.2) is 5.82 Å². The average molecular weight is 600 g/mol. The van der Waals surface area contributed by atoms with E-state index in [0.717, 1.165) is 77.3 Å². The van der Waals surface area contributed by atoms with Crippen molar-refractivity contribution in [2.45, 2.75) is 83.0 Å². The molecule has 3 unspecified atom stereocenters. The van der Waals surface area contributed by atoms with Crippen LogP contribution in [0.4, 0.5) is 0 Å². The van der Waals surface area contributed by atoms with Crippen molar-refractivity contribution in [2.24, 2.45) is 11.8 Å². The SMILES string of the molecule is CCN(Cc1nnn(Cc2ccccc2)n1)C1CCN(CC2CN(C(C(=O)O)C3CCCCC3)CC2c2ccccc2)CC1. The van der Waals surface area contributed by atoms with E-state index < -0.39 is 5.97 Å². The van der Waals surface area contributed by atoms with Gasteiger partial charge in [-0.15, -0.1) is 10.2 Å². The topological polar surface area (TPSA) is 90.6 Å². The molecule has 0 radical (unpaired) electrons. The number of aromatic nitrogens is 4. The third-order valence-corrected chi connectivity index (χ3v) is 10.4. The van der Waals surface area contributed by atoms with Crippen molar-refractivity contribution >= 4 is 5.97 Å². The van der Waals surface area contributed by atoms with Gasteiger partial charge in [-0.05, 0) is 73.5 Å². The minimum atomic E-state index is -0.626. The second-order valence-electron chi connectivity index (χ2n) is 13.2. The predicted molar refractivity (Wildman–Crippen MR) is 171 cm³/mol. The number of carbonyl (C=O) groups is 1. The highest BCUT2D eigenvalue weighted by molar-refractivity contribution is 5.74. The largest absolute Gasteiger partial charge is 0.480 e. The van der Waals surface area contributed by atoms with Crippen LogP contribution in [0.25, 0.3) is 0 Å². The minimum Gasteiger partial charge on any atom is -0.480 e. The van der Waals surface area contributed by atoms with Gasteiger partial charge in [-0.25, -0.2) is 0 Å². The number of rotatable bonds is 12. The average Bonchev–Trinajstić information content (AvgIpc) is 3.68. The molecule has 44 heavy (non-hydrogen) atoms. The Morgan fingerprint density at radius 2 is 1.66 bits per heavy atom. The summed E-state index contributed by atoms with van der Waals surface area (Å²) in [6, 6.07) is 21.2. The maximum atomic E-state index is 12.6. The van der Waals surface area contributed by atoms with Crippen LogP contribution < -0.4 is 0 Å². The molecular weight excluding hydrogens is 550 g/mol. The molecule has 0 amide bonds. The number of likely N-dealkylation sites (tertiary alicyclic amines) is 2. The van der Waals surface area contributed by atoms with Crippen molar-refractivity contribution in [1.82, 2.24) is 34.9 Å². The Kier molecular flexibility index (Phi) is 10.4. The molecule has 236 valence electrons. The third-order valence-electron chi connectivity index (χ3n) is 10.4. The van der Waals surface area contributed by atoms with Gasteiger partial charge in [0.2, 0.25) is 0 Å². The zero-order chi connectivity index (χ0) is 30.3. The third kappa shape index (κ3) is 7.56. The fourth-order valence-corrected chi connectivity index (χ4v) is 8.13. The fraction of sp³-hybridized carbons (Fsp3) is 0.600. The summed E-state index contributed by atoms with van der Waals surface area (Å²) in [5, 5.41) is 23.7. The van der Waals surface area contributed by atoms with E-state index in [1.54, 1.807) is 4.80 Å². The lowest BCUT2D eigenvalue weighted by molar-refractivity contribution is -0.145. The Morgan fingerprint density at radius 3 is 2.34 bits per heavy atom. The van der Waals surface area contributed by atoms with Gasteiger partial charge in [0, 0.05) is 31.6 Å². The first-order valence-electron chi connectivity index (χ1n) is 16.9. The molecule has 1 aliphatic carbocycles. The van der Waals surface area contributed by atoms with Crippen molar-refractivity contribution < 1.29 is 9.90 Å². The Labute approximate surface area is 262 Å². The van der Waals surface area contributed by atoms with Crippen molar-refractivity contribution in [3.63, 3.8) is 0 Å². The maximum absolute atomic E-state index is 12.6. The number of hydrogen-bond donors (Lipinski definition) is 1.